The normalized spacial score (nSPS) is 15.4. The molecule has 11 nitrogen and oxygen atoms in total. The van der Waals surface area contributed by atoms with E-state index in [-0.39, 0.29) is 17.2 Å². The average Bonchev–Trinajstić information content (AvgIpc) is 3.50. The maximum Gasteiger partial charge on any atom is 0.239 e. The number of carbonyl (C=O) groups is 1. The first-order valence-corrected chi connectivity index (χ1v) is 18.3. The maximum absolute atomic E-state index is 13.6. The summed E-state index contributed by atoms with van der Waals surface area (Å²) >= 11 is 0. The van der Waals surface area contributed by atoms with Gasteiger partial charge in [-0.05, 0) is 75.0 Å². The monoisotopic (exact) mass is 638 g/mol. The first-order chi connectivity index (χ1) is 21.0. The van der Waals surface area contributed by atoms with Gasteiger partial charge in [0.2, 0.25) is 17.8 Å². The first kappa shape index (κ1) is 31.8. The Balaban J connectivity index is 1.41. The van der Waals surface area contributed by atoms with Gasteiger partial charge in [0.1, 0.15) is 5.75 Å². The van der Waals surface area contributed by atoms with Gasteiger partial charge in [-0.15, -0.1) is 0 Å². The van der Waals surface area contributed by atoms with Crippen LogP contribution in [0.5, 0.6) is 5.75 Å². The second-order valence-corrected chi connectivity index (χ2v) is 16.8. The molecular weight excluding hydrogens is 595 g/mol. The highest BCUT2D eigenvalue weighted by molar-refractivity contribution is 8.45. The van der Waals surface area contributed by atoms with Crippen LogP contribution >= 0.6 is 8.44 Å². The van der Waals surface area contributed by atoms with Crippen molar-refractivity contribution < 1.29 is 13.7 Å². The summed E-state index contributed by atoms with van der Waals surface area (Å²) in [5, 5.41) is 14.1. The van der Waals surface area contributed by atoms with Crippen LogP contribution in [0.15, 0.2) is 53.6 Å². The molecule has 2 aromatic heterocycles. The third-order valence-corrected chi connectivity index (χ3v) is 13.7. The van der Waals surface area contributed by atoms with E-state index < -0.39 is 9.55 Å². The van der Waals surface area contributed by atoms with Crippen LogP contribution in [0, 0.1) is 6.92 Å². The van der Waals surface area contributed by atoms with E-state index in [1.54, 1.807) is 23.9 Å². The summed E-state index contributed by atoms with van der Waals surface area (Å²) < 4.78 is 21.0. The molecule has 4 aromatic rings. The lowest BCUT2D eigenvalue weighted by Crippen LogP contribution is -2.46. The zero-order chi connectivity index (χ0) is 31.6. The van der Waals surface area contributed by atoms with Crippen LogP contribution in [0.2, 0.25) is 0 Å². The zero-order valence-corrected chi connectivity index (χ0v) is 28.2. The Morgan fingerprint density at radius 1 is 1.07 bits per heavy atom. The molecule has 2 atom stereocenters. The predicted molar refractivity (Wildman–Crippen MR) is 181 cm³/mol. The van der Waals surface area contributed by atoms with E-state index >= 15 is 0 Å². The number of amides is 1. The summed E-state index contributed by atoms with van der Waals surface area (Å²) in [6.45, 7) is 9.38. The van der Waals surface area contributed by atoms with Gasteiger partial charge in [-0.25, -0.2) is 0 Å². The highest BCUT2D eigenvalue weighted by atomic mass is 32.8. The molecule has 0 bridgehead atoms. The van der Waals surface area contributed by atoms with Crippen molar-refractivity contribution in [1.29, 1.82) is 0 Å². The van der Waals surface area contributed by atoms with Crippen LogP contribution < -0.4 is 20.7 Å². The second kappa shape index (κ2) is 13.2. The molecule has 1 aliphatic heterocycles. The lowest BCUT2D eigenvalue weighted by molar-refractivity contribution is -0.133. The number of benzene rings is 2. The Hall–Kier alpha value is -3.60. The Bertz CT molecular complexity index is 1700. The van der Waals surface area contributed by atoms with Crippen LogP contribution in [-0.4, -0.2) is 73.1 Å². The molecular formula is C31H43N8O3PS. The standard InChI is InChI=1S/C31H43N8O3PS/c1-19(2)44(41,43)27-10-8-7-9-24(27)35-31-37-30(36-28-11-14-33-39(28)31)34-25-17-20(3)23(18-26(25)42-6)22-12-15-38(16-13-22)29(40)21(4)32-5/h7-11,14,17-19,21-22,32,44H,12-13,15-16,43H2,1-6H3,(H2,34,35,36,37)/t21-/m1/s1. The molecule has 1 fully saturated rings. The highest BCUT2D eigenvalue weighted by Crippen LogP contribution is 2.39. The summed E-state index contributed by atoms with van der Waals surface area (Å²) in [6, 6.07) is 13.3. The molecule has 0 aliphatic carbocycles. The van der Waals surface area contributed by atoms with Gasteiger partial charge in [0.05, 0.1) is 30.7 Å². The molecule has 5 rings (SSSR count). The number of rotatable bonds is 10. The fraction of sp³-hybridized carbons (Fsp3) is 0.419. The van der Waals surface area contributed by atoms with Gasteiger partial charge in [0.15, 0.2) is 5.65 Å². The van der Waals surface area contributed by atoms with Crippen molar-refractivity contribution in [2.45, 2.75) is 62.6 Å². The minimum atomic E-state index is -2.72. The smallest absolute Gasteiger partial charge is 0.239 e. The number of nitrogens with zero attached hydrogens (tertiary/aromatic N) is 5. The Kier molecular flexibility index (Phi) is 9.53. The fourth-order valence-electron chi connectivity index (χ4n) is 5.58. The third kappa shape index (κ3) is 6.43. The number of ether oxygens (including phenoxy) is 1. The minimum Gasteiger partial charge on any atom is -0.495 e. The number of aromatic nitrogens is 4. The molecule has 236 valence electrons. The second-order valence-electron chi connectivity index (χ2n) is 11.6. The van der Waals surface area contributed by atoms with Gasteiger partial charge in [-0.3, -0.25) is 9.00 Å². The van der Waals surface area contributed by atoms with Gasteiger partial charge in [-0.2, -0.15) is 19.6 Å². The van der Waals surface area contributed by atoms with Crippen molar-refractivity contribution in [3.63, 3.8) is 0 Å². The largest absolute Gasteiger partial charge is 0.495 e. The van der Waals surface area contributed by atoms with Crippen LogP contribution in [0.3, 0.4) is 0 Å². The summed E-state index contributed by atoms with van der Waals surface area (Å²) in [4.78, 5) is 24.8. The highest BCUT2D eigenvalue weighted by Gasteiger charge is 2.28. The van der Waals surface area contributed by atoms with Crippen molar-refractivity contribution in [3.8, 4) is 5.75 Å². The topological polar surface area (TPSA) is 126 Å². The summed E-state index contributed by atoms with van der Waals surface area (Å²) in [6.07, 6.45) is 3.46. The van der Waals surface area contributed by atoms with Gasteiger partial charge < -0.3 is 25.6 Å². The maximum atomic E-state index is 13.6. The Morgan fingerprint density at radius 3 is 2.48 bits per heavy atom. The minimum absolute atomic E-state index is 0.0430. The number of likely N-dealkylation sites (N-methyl/N-ethyl adjacent to an activating group) is 1. The lowest BCUT2D eigenvalue weighted by Gasteiger charge is -2.34. The number of thiol groups is 1. The fourth-order valence-corrected chi connectivity index (χ4v) is 7.64. The van der Waals surface area contributed by atoms with Gasteiger partial charge in [-0.1, -0.05) is 44.0 Å². The first-order valence-electron chi connectivity index (χ1n) is 14.9. The molecule has 44 heavy (non-hydrogen) atoms. The number of likely N-dealkylation sites (tertiary alicyclic amines) is 1. The van der Waals surface area contributed by atoms with Gasteiger partial charge in [0, 0.05) is 29.3 Å². The Morgan fingerprint density at radius 2 is 1.80 bits per heavy atom. The predicted octanol–water partition coefficient (Wildman–Crippen LogP) is 4.82. The number of para-hydroxylation sites is 1. The SMILES string of the molecule is CN[C@H](C)C(=O)N1CCC(c2cc(OC)c(Nc3nc(Nc4ccccc4[SH](=O)(P)C(C)C)n4nccc4n3)cc2C)CC1. The lowest BCUT2D eigenvalue weighted by atomic mass is 9.86. The number of hydrogen-bond acceptors (Lipinski definition) is 9. The quantitative estimate of drug-likeness (QED) is 0.143. The molecule has 3 N–H and O–H groups in total. The van der Waals surface area contributed by atoms with Gasteiger partial charge in [0.25, 0.3) is 0 Å². The number of fused-ring (bicyclic) bond motifs is 1. The van der Waals surface area contributed by atoms with E-state index in [2.05, 4.69) is 53.5 Å². The van der Waals surface area contributed by atoms with Crippen LogP contribution in [0.25, 0.3) is 5.65 Å². The zero-order valence-electron chi connectivity index (χ0n) is 26.2. The molecule has 3 heterocycles. The van der Waals surface area contributed by atoms with Crippen molar-refractivity contribution in [2.24, 2.45) is 0 Å². The molecule has 0 radical (unpaired) electrons. The summed E-state index contributed by atoms with van der Waals surface area (Å²) in [5.41, 5.74) is 4.39. The number of nitrogens with one attached hydrogen (secondary N) is 3. The van der Waals surface area contributed by atoms with Crippen molar-refractivity contribution in [2.75, 3.05) is 37.9 Å². The molecule has 2 aromatic carbocycles. The van der Waals surface area contributed by atoms with E-state index in [0.29, 0.717) is 34.9 Å². The number of hydrogen-bond donors (Lipinski definition) is 4. The van der Waals surface area contributed by atoms with E-state index in [4.69, 9.17) is 9.72 Å². The summed E-state index contributed by atoms with van der Waals surface area (Å²) in [5.74, 6) is 1.97. The van der Waals surface area contributed by atoms with Gasteiger partial charge >= 0.3 is 0 Å². The molecule has 1 saturated heterocycles. The number of aryl methyl sites for hydroxylation is 1. The summed E-state index contributed by atoms with van der Waals surface area (Å²) in [7, 11) is 3.31. The van der Waals surface area contributed by atoms with E-state index in [1.807, 2.05) is 57.0 Å². The molecule has 1 amide bonds. The number of anilines is 4. The number of methoxy groups -OCH3 is 1. The number of carbonyl (C=O) groups excluding carboxylic acids is 1. The van der Waals surface area contributed by atoms with Crippen LogP contribution in [0.1, 0.15) is 50.7 Å². The van der Waals surface area contributed by atoms with Crippen molar-refractivity contribution in [3.05, 3.63) is 59.8 Å². The van der Waals surface area contributed by atoms with Crippen LogP contribution in [-0.2, 0) is 14.3 Å². The van der Waals surface area contributed by atoms with E-state index in [9.17, 15) is 9.00 Å². The molecule has 1 unspecified atom stereocenters. The van der Waals surface area contributed by atoms with Crippen molar-refractivity contribution in [1.82, 2.24) is 29.8 Å². The molecule has 0 saturated carbocycles. The average molecular weight is 639 g/mol. The molecule has 0 spiro atoms. The molecule has 13 heteroatoms. The molecule has 1 aliphatic rings. The van der Waals surface area contributed by atoms with Crippen molar-refractivity contribution >= 4 is 52.8 Å². The van der Waals surface area contributed by atoms with E-state index in [0.717, 1.165) is 42.1 Å². The van der Waals surface area contributed by atoms with E-state index in [1.165, 1.54) is 5.56 Å². The Labute approximate surface area is 261 Å². The van der Waals surface area contributed by atoms with Crippen LogP contribution in [0.4, 0.5) is 23.3 Å². The third-order valence-electron chi connectivity index (χ3n) is 8.43. The number of piperidine rings is 1.